The van der Waals surface area contributed by atoms with Crippen molar-refractivity contribution in [1.29, 1.82) is 0 Å². The molecule has 26 heavy (non-hydrogen) atoms. The van der Waals surface area contributed by atoms with E-state index in [0.29, 0.717) is 18.1 Å². The van der Waals surface area contributed by atoms with Gasteiger partial charge < -0.3 is 9.47 Å². The lowest BCUT2D eigenvalue weighted by Gasteiger charge is -2.10. The summed E-state index contributed by atoms with van der Waals surface area (Å²) in [5, 5.41) is 6.53. The SMILES string of the molecule is COc1cc(/C=N\n2cnc3ccccc32)ccc1OCc1cccs1. The van der Waals surface area contributed by atoms with Gasteiger partial charge in [-0.2, -0.15) is 5.10 Å². The number of hydrogen-bond acceptors (Lipinski definition) is 5. The predicted molar refractivity (Wildman–Crippen MR) is 104 cm³/mol. The fourth-order valence-corrected chi connectivity index (χ4v) is 3.21. The third-order valence-corrected chi connectivity index (χ3v) is 4.75. The Labute approximate surface area is 155 Å². The molecule has 130 valence electrons. The minimum atomic E-state index is 0.530. The zero-order chi connectivity index (χ0) is 17.8. The van der Waals surface area contributed by atoms with Crippen molar-refractivity contribution < 1.29 is 9.47 Å². The van der Waals surface area contributed by atoms with E-state index in [-0.39, 0.29) is 0 Å². The maximum Gasteiger partial charge on any atom is 0.161 e. The van der Waals surface area contributed by atoms with Gasteiger partial charge in [-0.05, 0) is 47.3 Å². The summed E-state index contributed by atoms with van der Waals surface area (Å²) in [6.45, 7) is 0.530. The van der Waals surface area contributed by atoms with Crippen molar-refractivity contribution in [3.63, 3.8) is 0 Å². The summed E-state index contributed by atoms with van der Waals surface area (Å²) in [7, 11) is 1.64. The van der Waals surface area contributed by atoms with E-state index in [1.807, 2.05) is 60.0 Å². The van der Waals surface area contributed by atoms with Gasteiger partial charge in [0.05, 0.1) is 24.4 Å². The molecule has 0 radical (unpaired) electrons. The van der Waals surface area contributed by atoms with Crippen LogP contribution in [0.25, 0.3) is 11.0 Å². The second kappa shape index (κ2) is 7.41. The van der Waals surface area contributed by atoms with Crippen LogP contribution in [0.5, 0.6) is 11.5 Å². The molecule has 6 heteroatoms. The van der Waals surface area contributed by atoms with Crippen molar-refractivity contribution in [2.24, 2.45) is 5.10 Å². The molecule has 0 N–H and O–H groups in total. The van der Waals surface area contributed by atoms with Gasteiger partial charge in [-0.15, -0.1) is 11.3 Å². The van der Waals surface area contributed by atoms with Crippen LogP contribution in [0.1, 0.15) is 10.4 Å². The molecule has 5 nitrogen and oxygen atoms in total. The van der Waals surface area contributed by atoms with E-state index >= 15 is 0 Å². The first kappa shape index (κ1) is 16.4. The highest BCUT2D eigenvalue weighted by molar-refractivity contribution is 7.09. The average molecular weight is 363 g/mol. The van der Waals surface area contributed by atoms with Gasteiger partial charge in [-0.25, -0.2) is 9.66 Å². The number of imidazole rings is 1. The molecule has 2 heterocycles. The first-order chi connectivity index (χ1) is 12.8. The van der Waals surface area contributed by atoms with Crippen LogP contribution >= 0.6 is 11.3 Å². The van der Waals surface area contributed by atoms with E-state index in [2.05, 4.69) is 10.1 Å². The molecule has 2 aromatic carbocycles. The molecule has 4 aromatic rings. The zero-order valence-electron chi connectivity index (χ0n) is 14.2. The Balaban J connectivity index is 1.53. The summed E-state index contributed by atoms with van der Waals surface area (Å²) in [6, 6.07) is 17.7. The molecular formula is C20H17N3O2S. The number of benzene rings is 2. The molecule has 2 aromatic heterocycles. The molecule has 0 bridgehead atoms. The Morgan fingerprint density at radius 3 is 2.88 bits per heavy atom. The van der Waals surface area contributed by atoms with Crippen molar-refractivity contribution in [2.45, 2.75) is 6.61 Å². The van der Waals surface area contributed by atoms with Crippen LogP contribution < -0.4 is 9.47 Å². The number of methoxy groups -OCH3 is 1. The quantitative estimate of drug-likeness (QED) is 0.472. The lowest BCUT2D eigenvalue weighted by Crippen LogP contribution is -1.97. The normalized spacial score (nSPS) is 11.3. The van der Waals surface area contributed by atoms with E-state index in [1.165, 1.54) is 4.88 Å². The lowest BCUT2D eigenvalue weighted by molar-refractivity contribution is 0.287. The van der Waals surface area contributed by atoms with Crippen LogP contribution in [0.4, 0.5) is 0 Å². The van der Waals surface area contributed by atoms with Gasteiger partial charge in [0.15, 0.2) is 11.5 Å². The highest BCUT2D eigenvalue weighted by Gasteiger charge is 2.06. The Kier molecular flexibility index (Phi) is 4.66. The Hall–Kier alpha value is -3.12. The van der Waals surface area contributed by atoms with E-state index in [4.69, 9.17) is 9.47 Å². The van der Waals surface area contributed by atoms with E-state index < -0.39 is 0 Å². The maximum absolute atomic E-state index is 5.86. The van der Waals surface area contributed by atoms with Gasteiger partial charge in [-0.1, -0.05) is 18.2 Å². The summed E-state index contributed by atoms with van der Waals surface area (Å²) in [4.78, 5) is 5.50. The number of hydrogen-bond donors (Lipinski definition) is 0. The summed E-state index contributed by atoms with van der Waals surface area (Å²) >= 11 is 1.67. The smallest absolute Gasteiger partial charge is 0.161 e. The van der Waals surface area contributed by atoms with Crippen LogP contribution in [0, 0.1) is 0 Å². The van der Waals surface area contributed by atoms with Crippen LogP contribution in [-0.2, 0) is 6.61 Å². The van der Waals surface area contributed by atoms with Crippen molar-refractivity contribution in [1.82, 2.24) is 9.66 Å². The van der Waals surface area contributed by atoms with E-state index in [1.54, 1.807) is 35.7 Å². The topological polar surface area (TPSA) is 48.6 Å². The second-order valence-corrected chi connectivity index (χ2v) is 6.63. The molecule has 0 spiro atoms. The number of ether oxygens (including phenoxy) is 2. The monoisotopic (exact) mass is 363 g/mol. The number of thiophene rings is 1. The van der Waals surface area contributed by atoms with Crippen molar-refractivity contribution in [3.8, 4) is 11.5 Å². The largest absolute Gasteiger partial charge is 0.493 e. The summed E-state index contributed by atoms with van der Waals surface area (Å²) in [5.74, 6) is 1.40. The number of nitrogens with zero attached hydrogens (tertiary/aromatic N) is 3. The molecular weight excluding hydrogens is 346 g/mol. The van der Waals surface area contributed by atoms with Gasteiger partial charge >= 0.3 is 0 Å². The molecule has 0 aliphatic heterocycles. The summed E-state index contributed by atoms with van der Waals surface area (Å²) < 4.78 is 13.1. The van der Waals surface area contributed by atoms with Gasteiger partial charge in [0.25, 0.3) is 0 Å². The zero-order valence-corrected chi connectivity index (χ0v) is 15.0. The summed E-state index contributed by atoms with van der Waals surface area (Å²) in [6.07, 6.45) is 3.48. The number of rotatable bonds is 6. The molecule has 0 unspecified atom stereocenters. The van der Waals surface area contributed by atoms with Crippen molar-refractivity contribution in [3.05, 3.63) is 76.7 Å². The van der Waals surface area contributed by atoms with Crippen LogP contribution in [0.3, 0.4) is 0 Å². The standard InChI is InChI=1S/C20H17N3O2S/c1-24-20-11-15(8-9-19(20)25-13-16-5-4-10-26-16)12-22-23-14-21-17-6-2-3-7-18(17)23/h2-12,14H,13H2,1H3/b22-12-. The third kappa shape index (κ3) is 3.45. The van der Waals surface area contributed by atoms with Gasteiger partial charge in [0.2, 0.25) is 0 Å². The molecule has 0 amide bonds. The minimum Gasteiger partial charge on any atom is -0.493 e. The lowest BCUT2D eigenvalue weighted by atomic mass is 10.2. The fraction of sp³-hybridized carbons (Fsp3) is 0.100. The highest BCUT2D eigenvalue weighted by Crippen LogP contribution is 2.29. The molecule has 0 aliphatic carbocycles. The highest BCUT2D eigenvalue weighted by atomic mass is 32.1. The molecule has 0 aliphatic rings. The first-order valence-corrected chi connectivity index (χ1v) is 9.01. The second-order valence-electron chi connectivity index (χ2n) is 5.60. The third-order valence-electron chi connectivity index (χ3n) is 3.90. The van der Waals surface area contributed by atoms with E-state index in [9.17, 15) is 0 Å². The molecule has 0 saturated heterocycles. The minimum absolute atomic E-state index is 0.530. The number of fused-ring (bicyclic) bond motifs is 1. The molecule has 4 rings (SSSR count). The number of aromatic nitrogens is 2. The molecule has 0 saturated carbocycles. The Bertz CT molecular complexity index is 1040. The van der Waals surface area contributed by atoms with Gasteiger partial charge in [-0.3, -0.25) is 0 Å². The van der Waals surface area contributed by atoms with Crippen LogP contribution in [0.15, 0.2) is 71.4 Å². The average Bonchev–Trinajstić information content (AvgIpc) is 3.35. The van der Waals surface area contributed by atoms with Crippen LogP contribution in [-0.4, -0.2) is 23.0 Å². The predicted octanol–water partition coefficient (Wildman–Crippen LogP) is 4.57. The number of para-hydroxylation sites is 2. The Morgan fingerprint density at radius 2 is 2.04 bits per heavy atom. The molecule has 0 atom stereocenters. The van der Waals surface area contributed by atoms with Gasteiger partial charge in [0, 0.05) is 4.88 Å². The van der Waals surface area contributed by atoms with Crippen molar-refractivity contribution in [2.75, 3.05) is 7.11 Å². The summed E-state index contributed by atoms with van der Waals surface area (Å²) in [5.41, 5.74) is 2.80. The first-order valence-electron chi connectivity index (χ1n) is 8.13. The van der Waals surface area contributed by atoms with E-state index in [0.717, 1.165) is 16.6 Å². The fourth-order valence-electron chi connectivity index (χ4n) is 2.59. The van der Waals surface area contributed by atoms with Gasteiger partial charge in [0.1, 0.15) is 12.9 Å². The van der Waals surface area contributed by atoms with Crippen molar-refractivity contribution >= 4 is 28.6 Å². The van der Waals surface area contributed by atoms with Crippen LogP contribution in [0.2, 0.25) is 0 Å². The maximum atomic E-state index is 5.86. The molecule has 0 fully saturated rings. The Morgan fingerprint density at radius 1 is 1.12 bits per heavy atom.